The van der Waals surface area contributed by atoms with Gasteiger partial charge in [0.25, 0.3) is 0 Å². The highest BCUT2D eigenvalue weighted by molar-refractivity contribution is 8.16. The van der Waals surface area contributed by atoms with Crippen LogP contribution in [-0.4, -0.2) is 41.3 Å². The number of fused-ring (bicyclic) bond motifs is 1. The lowest BCUT2D eigenvalue weighted by atomic mass is 9.92. The minimum absolute atomic E-state index is 0.0411. The monoisotopic (exact) mass is 563 g/mol. The molecule has 12 heteroatoms. The van der Waals surface area contributed by atoms with Crippen LogP contribution in [0.15, 0.2) is 75.9 Å². The summed E-state index contributed by atoms with van der Waals surface area (Å²) in [6.07, 6.45) is -5.86. The Hall–Kier alpha value is -3.80. The molecule has 0 fully saturated rings. The summed E-state index contributed by atoms with van der Waals surface area (Å²) < 4.78 is 66.7. The van der Waals surface area contributed by atoms with Crippen molar-refractivity contribution in [3.63, 3.8) is 0 Å². The number of benzene rings is 2. The number of ether oxygens (including phenoxy) is 2. The predicted molar refractivity (Wildman–Crippen MR) is 138 cm³/mol. The Balaban J connectivity index is 1.73. The Morgan fingerprint density at radius 1 is 1.13 bits per heavy atom. The number of hydrogen-bond donors (Lipinski definition) is 1. The zero-order valence-corrected chi connectivity index (χ0v) is 22.0. The summed E-state index contributed by atoms with van der Waals surface area (Å²) in [6.45, 7) is 3.19. The molecule has 4 rings (SSSR count). The van der Waals surface area contributed by atoms with Crippen LogP contribution in [0.4, 0.5) is 17.6 Å². The smallest absolute Gasteiger partial charge is 0.434 e. The standard InChI is InChI=1S/C27H25F4N3O4S/c1-15(2)38-25(36)22-23(19-6-4-5-7-20(19)37-3)34-18(14-39-26(34)33-24(22)27(29,30)31)12-21(35)32-13-16-8-10-17(28)11-9-16/h4-11,14-15,23H,12-13H2,1-3H3,(H,32,35)/t23-/m1/s1. The fourth-order valence-electron chi connectivity index (χ4n) is 4.17. The zero-order valence-electron chi connectivity index (χ0n) is 21.2. The van der Waals surface area contributed by atoms with Crippen molar-refractivity contribution >= 4 is 28.8 Å². The molecule has 1 atom stereocenters. The maximum atomic E-state index is 14.3. The molecule has 2 aliphatic rings. The number of rotatable bonds is 8. The number of hydrogen-bond acceptors (Lipinski definition) is 7. The van der Waals surface area contributed by atoms with Gasteiger partial charge in [0.1, 0.15) is 11.6 Å². The number of carbonyl (C=O) groups excluding carboxylic acids is 2. The number of methoxy groups -OCH3 is 1. The number of nitrogens with zero attached hydrogens (tertiary/aromatic N) is 2. The van der Waals surface area contributed by atoms with E-state index in [1.54, 1.807) is 24.3 Å². The van der Waals surface area contributed by atoms with Crippen LogP contribution in [0, 0.1) is 5.82 Å². The highest BCUT2D eigenvalue weighted by Crippen LogP contribution is 2.49. The molecule has 0 saturated heterocycles. The lowest BCUT2D eigenvalue weighted by Gasteiger charge is -2.37. The van der Waals surface area contributed by atoms with Crippen molar-refractivity contribution in [1.82, 2.24) is 10.2 Å². The van der Waals surface area contributed by atoms with Crippen LogP contribution in [0.2, 0.25) is 0 Å². The quantitative estimate of drug-likeness (QED) is 0.332. The van der Waals surface area contributed by atoms with Crippen LogP contribution in [0.3, 0.4) is 0 Å². The van der Waals surface area contributed by atoms with E-state index in [-0.39, 0.29) is 29.4 Å². The number of alkyl halides is 3. The van der Waals surface area contributed by atoms with Gasteiger partial charge in [0, 0.05) is 17.8 Å². The molecule has 39 heavy (non-hydrogen) atoms. The summed E-state index contributed by atoms with van der Waals surface area (Å²) in [7, 11) is 1.37. The number of esters is 1. The molecule has 206 valence electrons. The van der Waals surface area contributed by atoms with E-state index in [0.29, 0.717) is 11.3 Å². The SMILES string of the molecule is COc1ccccc1[C@@H]1C(C(=O)OC(C)C)=C(C(F)(F)F)N=C2SC=C(CC(=O)NCc3ccc(F)cc3)N21. The lowest BCUT2D eigenvalue weighted by Crippen LogP contribution is -2.40. The topological polar surface area (TPSA) is 80.2 Å². The number of amidine groups is 1. The number of aliphatic imine (C=N–C) groups is 1. The van der Waals surface area contributed by atoms with Crippen LogP contribution in [0.25, 0.3) is 0 Å². The molecule has 0 radical (unpaired) electrons. The van der Waals surface area contributed by atoms with Gasteiger partial charge < -0.3 is 19.7 Å². The van der Waals surface area contributed by atoms with E-state index >= 15 is 0 Å². The average Bonchev–Trinajstić information content (AvgIpc) is 3.28. The number of thioether (sulfide) groups is 1. The van der Waals surface area contributed by atoms with Gasteiger partial charge in [-0.25, -0.2) is 14.2 Å². The summed E-state index contributed by atoms with van der Waals surface area (Å²) in [4.78, 5) is 31.3. The minimum Gasteiger partial charge on any atom is -0.496 e. The maximum Gasteiger partial charge on any atom is 0.434 e. The Bertz CT molecular complexity index is 1350. The summed E-state index contributed by atoms with van der Waals surface area (Å²) >= 11 is 0.917. The van der Waals surface area contributed by atoms with Gasteiger partial charge in [0.2, 0.25) is 5.91 Å². The van der Waals surface area contributed by atoms with Crippen molar-refractivity contribution in [1.29, 1.82) is 0 Å². The molecule has 2 aromatic rings. The molecule has 1 N–H and O–H groups in total. The molecule has 0 unspecified atom stereocenters. The molecule has 0 aliphatic carbocycles. The third-order valence-corrected chi connectivity index (χ3v) is 6.71. The van der Waals surface area contributed by atoms with Gasteiger partial charge in [-0.2, -0.15) is 13.2 Å². The molecular weight excluding hydrogens is 538 g/mol. The van der Waals surface area contributed by atoms with Crippen LogP contribution in [-0.2, 0) is 20.9 Å². The molecule has 0 bridgehead atoms. The van der Waals surface area contributed by atoms with Crippen molar-refractivity contribution in [3.8, 4) is 5.75 Å². The second-order valence-electron chi connectivity index (χ2n) is 8.93. The van der Waals surface area contributed by atoms with Gasteiger partial charge in [0.15, 0.2) is 10.9 Å². The number of para-hydroxylation sites is 1. The second kappa shape index (κ2) is 11.5. The average molecular weight is 564 g/mol. The number of allylic oxidation sites excluding steroid dienone is 1. The van der Waals surface area contributed by atoms with Crippen LogP contribution < -0.4 is 10.1 Å². The summed E-state index contributed by atoms with van der Waals surface area (Å²) in [5.41, 5.74) is -0.793. The second-order valence-corrected chi connectivity index (χ2v) is 9.77. The highest BCUT2D eigenvalue weighted by atomic mass is 32.2. The first-order valence-corrected chi connectivity index (χ1v) is 12.8. The number of carbonyl (C=O) groups is 2. The molecule has 2 aromatic carbocycles. The molecule has 0 aromatic heterocycles. The first-order valence-electron chi connectivity index (χ1n) is 11.9. The van der Waals surface area contributed by atoms with Crippen molar-refractivity contribution in [2.24, 2.45) is 4.99 Å². The van der Waals surface area contributed by atoms with Crippen LogP contribution in [0.5, 0.6) is 5.75 Å². The van der Waals surface area contributed by atoms with E-state index in [1.165, 1.54) is 55.5 Å². The Kier molecular flexibility index (Phi) is 8.34. The van der Waals surface area contributed by atoms with Gasteiger partial charge >= 0.3 is 12.1 Å². The largest absolute Gasteiger partial charge is 0.496 e. The van der Waals surface area contributed by atoms with E-state index in [0.717, 1.165) is 11.8 Å². The molecule has 0 saturated carbocycles. The Labute approximate surface area is 226 Å². The van der Waals surface area contributed by atoms with Gasteiger partial charge in [-0.15, -0.1) is 0 Å². The fourth-order valence-corrected chi connectivity index (χ4v) is 5.09. The van der Waals surface area contributed by atoms with Crippen LogP contribution in [0.1, 0.15) is 37.4 Å². The van der Waals surface area contributed by atoms with E-state index in [9.17, 15) is 27.2 Å². The van der Waals surface area contributed by atoms with Crippen molar-refractivity contribution < 1.29 is 36.6 Å². The normalized spacial score (nSPS) is 17.0. The van der Waals surface area contributed by atoms with E-state index in [4.69, 9.17) is 9.47 Å². The number of nitrogens with one attached hydrogen (secondary N) is 1. The van der Waals surface area contributed by atoms with Crippen molar-refractivity contribution in [3.05, 3.63) is 87.9 Å². The first kappa shape index (κ1) is 28.2. The molecule has 7 nitrogen and oxygen atoms in total. The van der Waals surface area contributed by atoms with Gasteiger partial charge in [0.05, 0.1) is 31.2 Å². The van der Waals surface area contributed by atoms with Crippen LogP contribution >= 0.6 is 11.8 Å². The van der Waals surface area contributed by atoms with E-state index < -0.39 is 47.3 Å². The molecule has 2 heterocycles. The third-order valence-electron chi connectivity index (χ3n) is 5.82. The maximum absolute atomic E-state index is 14.3. The lowest BCUT2D eigenvalue weighted by molar-refractivity contribution is -0.145. The Morgan fingerprint density at radius 3 is 2.46 bits per heavy atom. The zero-order chi connectivity index (χ0) is 28.3. The summed E-state index contributed by atoms with van der Waals surface area (Å²) in [5, 5.41) is 4.21. The summed E-state index contributed by atoms with van der Waals surface area (Å²) in [5.74, 6) is -1.76. The van der Waals surface area contributed by atoms with Crippen molar-refractivity contribution in [2.45, 2.75) is 45.1 Å². The van der Waals surface area contributed by atoms with Gasteiger partial charge in [-0.05, 0) is 43.0 Å². The fraction of sp³-hybridized carbons (Fsp3) is 0.296. The van der Waals surface area contributed by atoms with Crippen molar-refractivity contribution in [2.75, 3.05) is 7.11 Å². The number of amides is 1. The molecule has 1 amide bonds. The van der Waals surface area contributed by atoms with E-state index in [2.05, 4.69) is 10.3 Å². The number of halogens is 4. The molecular formula is C27H25F4N3O4S. The predicted octanol–water partition coefficient (Wildman–Crippen LogP) is 5.61. The minimum atomic E-state index is -4.96. The van der Waals surface area contributed by atoms with Gasteiger partial charge in [-0.3, -0.25) is 4.79 Å². The van der Waals surface area contributed by atoms with E-state index in [1.807, 2.05) is 0 Å². The highest BCUT2D eigenvalue weighted by Gasteiger charge is 2.50. The molecule has 2 aliphatic heterocycles. The summed E-state index contributed by atoms with van der Waals surface area (Å²) in [6, 6.07) is 10.7. The first-order chi connectivity index (χ1) is 18.5. The molecule has 0 spiro atoms. The Morgan fingerprint density at radius 2 is 1.82 bits per heavy atom. The third kappa shape index (κ3) is 6.27. The van der Waals surface area contributed by atoms with Gasteiger partial charge in [-0.1, -0.05) is 42.1 Å².